The highest BCUT2D eigenvalue weighted by Gasteiger charge is 2.42. The number of carbonyl (C=O) groups is 2. The number of likely N-dealkylation sites (tertiary alicyclic amines) is 1. The number of aryl methyl sites for hydroxylation is 1. The van der Waals surface area contributed by atoms with Crippen LogP contribution in [0.25, 0.3) is 11.1 Å². The number of piperidine rings is 1. The second-order valence-electron chi connectivity index (χ2n) is 7.62. The molecular formula is C23H28N2O2. The van der Waals surface area contributed by atoms with Gasteiger partial charge in [-0.1, -0.05) is 61.0 Å². The predicted octanol–water partition coefficient (Wildman–Crippen LogP) is 3.71. The van der Waals surface area contributed by atoms with Crippen molar-refractivity contribution in [2.75, 3.05) is 13.1 Å². The smallest absolute Gasteiger partial charge is 0.225 e. The summed E-state index contributed by atoms with van der Waals surface area (Å²) in [4.78, 5) is 26.5. The Balaban J connectivity index is 1.95. The number of carbonyl (C=O) groups excluding carboxylic acids is 2. The largest absolute Gasteiger partial charge is 0.369 e. The molecule has 2 amide bonds. The molecule has 2 aromatic rings. The maximum absolute atomic E-state index is 12.5. The highest BCUT2D eigenvalue weighted by Crippen LogP contribution is 2.37. The molecule has 1 fully saturated rings. The van der Waals surface area contributed by atoms with Crippen LogP contribution in [-0.4, -0.2) is 29.8 Å². The van der Waals surface area contributed by atoms with E-state index in [1.54, 1.807) is 0 Å². The monoisotopic (exact) mass is 364 g/mol. The first-order valence-corrected chi connectivity index (χ1v) is 9.68. The van der Waals surface area contributed by atoms with Gasteiger partial charge in [0.1, 0.15) is 0 Å². The average molecular weight is 364 g/mol. The van der Waals surface area contributed by atoms with Gasteiger partial charge >= 0.3 is 0 Å². The van der Waals surface area contributed by atoms with Gasteiger partial charge in [-0.15, -0.1) is 0 Å². The van der Waals surface area contributed by atoms with E-state index in [2.05, 4.69) is 43.3 Å². The number of benzene rings is 2. The first-order chi connectivity index (χ1) is 12.9. The number of hydrogen-bond donors (Lipinski definition) is 1. The first kappa shape index (κ1) is 19.2. The maximum Gasteiger partial charge on any atom is 0.225 e. The lowest BCUT2D eigenvalue weighted by Crippen LogP contribution is -2.53. The number of nitrogens with zero attached hydrogens (tertiary/aromatic N) is 1. The average Bonchev–Trinajstić information content (AvgIpc) is 2.68. The molecule has 4 heteroatoms. The molecule has 0 unspecified atom stereocenters. The molecule has 0 spiro atoms. The molecule has 0 radical (unpaired) electrons. The third kappa shape index (κ3) is 4.05. The SMILES string of the molecule is CCC(=O)N1CCC[C@@](Cc2ccccc2-c2ccc(C)cc2)(C(N)=O)C1. The Hall–Kier alpha value is -2.62. The number of nitrogens with two attached hydrogens (primary N) is 1. The van der Waals surface area contributed by atoms with Crippen molar-refractivity contribution in [1.29, 1.82) is 0 Å². The summed E-state index contributed by atoms with van der Waals surface area (Å²) in [6.45, 7) is 5.05. The topological polar surface area (TPSA) is 63.4 Å². The van der Waals surface area contributed by atoms with Gasteiger partial charge in [0.15, 0.2) is 0 Å². The van der Waals surface area contributed by atoms with Crippen molar-refractivity contribution in [2.45, 2.75) is 39.5 Å². The summed E-state index contributed by atoms with van der Waals surface area (Å²) < 4.78 is 0. The van der Waals surface area contributed by atoms with Gasteiger partial charge in [-0.25, -0.2) is 0 Å². The van der Waals surface area contributed by atoms with Crippen molar-refractivity contribution in [3.63, 3.8) is 0 Å². The molecule has 1 atom stereocenters. The minimum atomic E-state index is -0.704. The van der Waals surface area contributed by atoms with Crippen molar-refractivity contribution in [3.05, 3.63) is 59.7 Å². The van der Waals surface area contributed by atoms with E-state index in [4.69, 9.17) is 5.73 Å². The van der Waals surface area contributed by atoms with Crippen LogP contribution in [0.5, 0.6) is 0 Å². The third-order valence-corrected chi connectivity index (χ3v) is 5.66. The molecule has 0 bridgehead atoms. The fourth-order valence-electron chi connectivity index (χ4n) is 4.05. The minimum Gasteiger partial charge on any atom is -0.369 e. The van der Waals surface area contributed by atoms with Crippen LogP contribution in [0.3, 0.4) is 0 Å². The zero-order valence-corrected chi connectivity index (χ0v) is 16.2. The van der Waals surface area contributed by atoms with Crippen molar-refractivity contribution < 1.29 is 9.59 Å². The van der Waals surface area contributed by atoms with Crippen LogP contribution in [-0.2, 0) is 16.0 Å². The Morgan fingerprint density at radius 1 is 1.11 bits per heavy atom. The Morgan fingerprint density at radius 3 is 2.48 bits per heavy atom. The molecule has 0 aromatic heterocycles. The summed E-state index contributed by atoms with van der Waals surface area (Å²) in [7, 11) is 0. The van der Waals surface area contributed by atoms with Crippen LogP contribution in [0.2, 0.25) is 0 Å². The van der Waals surface area contributed by atoms with E-state index in [-0.39, 0.29) is 11.8 Å². The van der Waals surface area contributed by atoms with Crippen LogP contribution in [0.1, 0.15) is 37.3 Å². The maximum atomic E-state index is 12.5. The summed E-state index contributed by atoms with van der Waals surface area (Å²) in [6.07, 6.45) is 2.54. The molecule has 0 saturated carbocycles. The fourth-order valence-corrected chi connectivity index (χ4v) is 4.05. The van der Waals surface area contributed by atoms with Gasteiger partial charge in [0.25, 0.3) is 0 Å². The third-order valence-electron chi connectivity index (χ3n) is 5.66. The lowest BCUT2D eigenvalue weighted by molar-refractivity contribution is -0.139. The van der Waals surface area contributed by atoms with Crippen LogP contribution < -0.4 is 5.73 Å². The van der Waals surface area contributed by atoms with E-state index >= 15 is 0 Å². The predicted molar refractivity (Wildman–Crippen MR) is 108 cm³/mol. The molecular weight excluding hydrogens is 336 g/mol. The Bertz CT molecular complexity index is 829. The molecule has 1 saturated heterocycles. The van der Waals surface area contributed by atoms with Gasteiger partial charge in [0.05, 0.1) is 5.41 Å². The number of primary amides is 1. The van der Waals surface area contributed by atoms with E-state index in [0.717, 1.165) is 29.5 Å². The molecule has 2 N–H and O–H groups in total. The van der Waals surface area contributed by atoms with Crippen molar-refractivity contribution in [3.8, 4) is 11.1 Å². The zero-order valence-electron chi connectivity index (χ0n) is 16.2. The molecule has 1 aliphatic heterocycles. The number of rotatable bonds is 5. The first-order valence-electron chi connectivity index (χ1n) is 9.68. The standard InChI is InChI=1S/C23H28N2O2/c1-3-21(26)25-14-6-13-23(16-25,22(24)27)15-19-7-4-5-8-20(19)18-11-9-17(2)10-12-18/h4-5,7-12H,3,6,13-16H2,1-2H3,(H2,24,27)/t23-/m0/s1. The van der Waals surface area contributed by atoms with Crippen molar-refractivity contribution >= 4 is 11.8 Å². The van der Waals surface area contributed by atoms with E-state index < -0.39 is 5.41 Å². The number of amides is 2. The molecule has 2 aromatic carbocycles. The molecule has 4 nitrogen and oxygen atoms in total. The normalized spacial score (nSPS) is 19.7. The van der Waals surface area contributed by atoms with Crippen molar-refractivity contribution in [1.82, 2.24) is 4.90 Å². The zero-order chi connectivity index (χ0) is 19.4. The molecule has 3 rings (SSSR count). The summed E-state index contributed by atoms with van der Waals surface area (Å²) in [6, 6.07) is 16.6. The lowest BCUT2D eigenvalue weighted by Gasteiger charge is -2.41. The van der Waals surface area contributed by atoms with Crippen LogP contribution in [0.4, 0.5) is 0 Å². The van der Waals surface area contributed by atoms with Gasteiger partial charge in [-0.05, 0) is 42.9 Å². The summed E-state index contributed by atoms with van der Waals surface area (Å²) >= 11 is 0. The second-order valence-corrected chi connectivity index (χ2v) is 7.62. The second kappa shape index (κ2) is 7.95. The van der Waals surface area contributed by atoms with Gasteiger partial charge < -0.3 is 10.6 Å². The Labute approximate surface area is 161 Å². The molecule has 1 aliphatic rings. The van der Waals surface area contributed by atoms with E-state index in [0.29, 0.717) is 25.9 Å². The number of hydrogen-bond acceptors (Lipinski definition) is 2. The summed E-state index contributed by atoms with van der Waals surface area (Å²) in [5.74, 6) is -0.220. The Morgan fingerprint density at radius 2 is 1.81 bits per heavy atom. The highest BCUT2D eigenvalue weighted by atomic mass is 16.2. The highest BCUT2D eigenvalue weighted by molar-refractivity contribution is 5.84. The molecule has 142 valence electrons. The van der Waals surface area contributed by atoms with Gasteiger partial charge in [-0.2, -0.15) is 0 Å². The summed E-state index contributed by atoms with van der Waals surface area (Å²) in [5, 5.41) is 0. The van der Waals surface area contributed by atoms with Crippen LogP contribution in [0, 0.1) is 12.3 Å². The van der Waals surface area contributed by atoms with E-state index in [9.17, 15) is 9.59 Å². The van der Waals surface area contributed by atoms with Gasteiger partial charge in [0.2, 0.25) is 11.8 Å². The van der Waals surface area contributed by atoms with E-state index in [1.807, 2.05) is 24.0 Å². The fraction of sp³-hybridized carbons (Fsp3) is 0.391. The quantitative estimate of drug-likeness (QED) is 0.879. The van der Waals surface area contributed by atoms with E-state index in [1.165, 1.54) is 5.56 Å². The van der Waals surface area contributed by atoms with Gasteiger partial charge in [0, 0.05) is 19.5 Å². The Kier molecular flexibility index (Phi) is 5.64. The van der Waals surface area contributed by atoms with Gasteiger partial charge in [-0.3, -0.25) is 9.59 Å². The molecule has 27 heavy (non-hydrogen) atoms. The lowest BCUT2D eigenvalue weighted by atomic mass is 9.73. The van der Waals surface area contributed by atoms with Crippen LogP contribution in [0.15, 0.2) is 48.5 Å². The molecule has 0 aliphatic carbocycles. The van der Waals surface area contributed by atoms with Crippen LogP contribution >= 0.6 is 0 Å². The van der Waals surface area contributed by atoms with Crippen molar-refractivity contribution in [2.24, 2.45) is 11.1 Å². The minimum absolute atomic E-state index is 0.0899. The summed E-state index contributed by atoms with van der Waals surface area (Å²) in [5.41, 5.74) is 9.75. The molecule has 1 heterocycles.